The number of hydrogen-bond acceptors (Lipinski definition) is 4. The second-order valence-corrected chi connectivity index (χ2v) is 5.48. The predicted molar refractivity (Wildman–Crippen MR) is 86.6 cm³/mol. The van der Waals surface area contributed by atoms with Gasteiger partial charge in [-0.1, -0.05) is 6.07 Å². The Hall–Kier alpha value is -3.35. The smallest absolute Gasteiger partial charge is 0.328 e. The van der Waals surface area contributed by atoms with Crippen LogP contribution in [0, 0.1) is 13.8 Å². The number of nitrogens with zero attached hydrogens (tertiary/aromatic N) is 1. The molecule has 0 atom stereocenters. The van der Waals surface area contributed by atoms with Gasteiger partial charge in [0.2, 0.25) is 0 Å². The van der Waals surface area contributed by atoms with E-state index in [0.29, 0.717) is 5.56 Å². The largest absolute Gasteiger partial charge is 0.508 e. The molecule has 122 valence electrons. The molecule has 7 nitrogen and oxygen atoms in total. The first-order valence-corrected chi connectivity index (χ1v) is 7.23. The van der Waals surface area contributed by atoms with Crippen LogP contribution in [0.4, 0.5) is 4.79 Å². The molecule has 1 aliphatic rings. The molecular formula is C17H15N3O4. The first-order valence-electron chi connectivity index (χ1n) is 7.23. The highest BCUT2D eigenvalue weighted by molar-refractivity contribution is 6.31. The van der Waals surface area contributed by atoms with E-state index in [-0.39, 0.29) is 11.3 Å². The minimum Gasteiger partial charge on any atom is -0.508 e. The minimum absolute atomic E-state index is 0.134. The number of aromatic hydroxyl groups is 1. The van der Waals surface area contributed by atoms with Gasteiger partial charge >= 0.3 is 6.03 Å². The van der Waals surface area contributed by atoms with Crippen LogP contribution in [0.15, 0.2) is 35.9 Å². The molecule has 4 amide bonds. The average molecular weight is 325 g/mol. The second-order valence-electron chi connectivity index (χ2n) is 5.48. The molecule has 0 bridgehead atoms. The highest BCUT2D eigenvalue weighted by Gasteiger charge is 2.28. The van der Waals surface area contributed by atoms with Crippen molar-refractivity contribution in [3.63, 3.8) is 0 Å². The molecule has 1 aromatic carbocycles. The molecular weight excluding hydrogens is 310 g/mol. The van der Waals surface area contributed by atoms with Crippen molar-refractivity contribution in [1.29, 1.82) is 0 Å². The lowest BCUT2D eigenvalue weighted by Crippen LogP contribution is -2.51. The van der Waals surface area contributed by atoms with Crippen LogP contribution in [0.1, 0.15) is 17.0 Å². The van der Waals surface area contributed by atoms with Crippen molar-refractivity contribution < 1.29 is 19.5 Å². The van der Waals surface area contributed by atoms with Gasteiger partial charge in [0.25, 0.3) is 11.8 Å². The number of aryl methyl sites for hydroxylation is 1. The number of urea groups is 1. The van der Waals surface area contributed by atoms with Crippen molar-refractivity contribution in [2.24, 2.45) is 0 Å². The molecule has 7 heteroatoms. The summed E-state index contributed by atoms with van der Waals surface area (Å²) in [5.41, 5.74) is 2.97. The Bertz CT molecular complexity index is 887. The van der Waals surface area contributed by atoms with Gasteiger partial charge < -0.3 is 9.67 Å². The summed E-state index contributed by atoms with van der Waals surface area (Å²) >= 11 is 0. The highest BCUT2D eigenvalue weighted by atomic mass is 16.3. The monoisotopic (exact) mass is 325 g/mol. The number of phenols is 1. The standard InChI is InChI=1S/C17H15N3O4/c1-9-6-11(7-14-15(22)18-17(24)19-16(14)23)10(2)20(9)12-4-3-5-13(21)8-12/h3-8,21H,1-2H3,(H2,18,19,22,23,24). The fourth-order valence-corrected chi connectivity index (χ4v) is 2.73. The number of barbiturate groups is 1. The fourth-order valence-electron chi connectivity index (χ4n) is 2.73. The Morgan fingerprint density at radius 2 is 1.71 bits per heavy atom. The quantitative estimate of drug-likeness (QED) is 0.576. The van der Waals surface area contributed by atoms with Crippen molar-refractivity contribution >= 4 is 23.9 Å². The number of aromatic nitrogens is 1. The molecule has 0 saturated carbocycles. The Morgan fingerprint density at radius 1 is 1.04 bits per heavy atom. The topological polar surface area (TPSA) is 100 Å². The summed E-state index contributed by atoms with van der Waals surface area (Å²) in [5, 5.41) is 13.7. The van der Waals surface area contributed by atoms with Crippen LogP contribution in [-0.4, -0.2) is 27.5 Å². The number of carbonyl (C=O) groups is 3. The van der Waals surface area contributed by atoms with Crippen LogP contribution in [0.25, 0.3) is 11.8 Å². The Kier molecular flexibility index (Phi) is 3.69. The number of phenolic OH excluding ortho intramolecular Hbond substituents is 1. The van der Waals surface area contributed by atoms with E-state index >= 15 is 0 Å². The Labute approximate surface area is 137 Å². The molecule has 3 rings (SSSR count). The molecule has 2 heterocycles. The minimum atomic E-state index is -0.826. The van der Waals surface area contributed by atoms with Crippen molar-refractivity contribution in [2.75, 3.05) is 0 Å². The Balaban J connectivity index is 2.07. The zero-order chi connectivity index (χ0) is 17.4. The zero-order valence-electron chi connectivity index (χ0n) is 13.1. The number of nitrogens with one attached hydrogen (secondary N) is 2. The summed E-state index contributed by atoms with van der Waals surface area (Å²) < 4.78 is 1.90. The molecule has 3 N–H and O–H groups in total. The first-order chi connectivity index (χ1) is 11.4. The van der Waals surface area contributed by atoms with E-state index in [4.69, 9.17) is 0 Å². The zero-order valence-corrected chi connectivity index (χ0v) is 13.1. The molecule has 0 unspecified atom stereocenters. The lowest BCUT2D eigenvalue weighted by Gasteiger charge is -2.14. The summed E-state index contributed by atoms with van der Waals surface area (Å²) in [6, 6.07) is 7.77. The highest BCUT2D eigenvalue weighted by Crippen LogP contribution is 2.25. The van der Waals surface area contributed by atoms with Crippen molar-refractivity contribution in [3.8, 4) is 11.4 Å². The van der Waals surface area contributed by atoms with E-state index in [9.17, 15) is 19.5 Å². The molecule has 1 fully saturated rings. The van der Waals surface area contributed by atoms with Crippen LogP contribution >= 0.6 is 0 Å². The second kappa shape index (κ2) is 5.69. The van der Waals surface area contributed by atoms with Crippen LogP contribution < -0.4 is 10.6 Å². The average Bonchev–Trinajstić information content (AvgIpc) is 2.77. The summed E-state index contributed by atoms with van der Waals surface area (Å²) in [6.45, 7) is 3.72. The molecule has 0 spiro atoms. The lowest BCUT2D eigenvalue weighted by molar-refractivity contribution is -0.123. The van der Waals surface area contributed by atoms with Gasteiger partial charge in [0.1, 0.15) is 11.3 Å². The molecule has 2 aromatic rings. The third-order valence-electron chi connectivity index (χ3n) is 3.80. The van der Waals surface area contributed by atoms with Crippen molar-refractivity contribution in [1.82, 2.24) is 15.2 Å². The van der Waals surface area contributed by atoms with Crippen LogP contribution in [0.5, 0.6) is 5.75 Å². The van der Waals surface area contributed by atoms with Crippen LogP contribution in [-0.2, 0) is 9.59 Å². The van der Waals surface area contributed by atoms with Crippen molar-refractivity contribution in [2.45, 2.75) is 13.8 Å². The molecule has 0 radical (unpaired) electrons. The first kappa shape index (κ1) is 15.5. The maximum Gasteiger partial charge on any atom is 0.328 e. The Morgan fingerprint density at radius 3 is 2.33 bits per heavy atom. The lowest BCUT2D eigenvalue weighted by atomic mass is 10.1. The molecule has 1 saturated heterocycles. The van der Waals surface area contributed by atoms with Gasteiger partial charge in [-0.25, -0.2) is 4.79 Å². The number of hydrogen-bond donors (Lipinski definition) is 3. The van der Waals surface area contributed by atoms with Gasteiger partial charge in [0.05, 0.1) is 0 Å². The van der Waals surface area contributed by atoms with Crippen LogP contribution in [0.3, 0.4) is 0 Å². The van der Waals surface area contributed by atoms with E-state index in [1.807, 2.05) is 41.2 Å². The maximum absolute atomic E-state index is 11.8. The summed E-state index contributed by atoms with van der Waals surface area (Å²) in [5.74, 6) is -1.32. The van der Waals surface area contributed by atoms with E-state index in [1.165, 1.54) is 6.08 Å². The number of imide groups is 2. The van der Waals surface area contributed by atoms with Gasteiger partial charge in [-0.05, 0) is 43.7 Å². The van der Waals surface area contributed by atoms with Crippen LogP contribution in [0.2, 0.25) is 0 Å². The van der Waals surface area contributed by atoms with Gasteiger partial charge in [0.15, 0.2) is 0 Å². The summed E-state index contributed by atoms with van der Waals surface area (Å²) in [4.78, 5) is 34.8. The molecule has 1 aromatic heterocycles. The molecule has 24 heavy (non-hydrogen) atoms. The molecule has 0 aliphatic carbocycles. The number of benzene rings is 1. The summed E-state index contributed by atoms with van der Waals surface area (Å²) in [7, 11) is 0. The van der Waals surface area contributed by atoms with Gasteiger partial charge in [-0.3, -0.25) is 20.2 Å². The van der Waals surface area contributed by atoms with E-state index < -0.39 is 17.8 Å². The fraction of sp³-hybridized carbons (Fsp3) is 0.118. The predicted octanol–water partition coefficient (Wildman–Crippen LogP) is 1.55. The van der Waals surface area contributed by atoms with Gasteiger partial charge in [-0.2, -0.15) is 0 Å². The maximum atomic E-state index is 11.8. The summed E-state index contributed by atoms with van der Waals surface area (Å²) in [6.07, 6.45) is 1.44. The SMILES string of the molecule is Cc1cc(C=C2C(=O)NC(=O)NC2=O)c(C)n1-c1cccc(O)c1. The van der Waals surface area contributed by atoms with Gasteiger partial charge in [-0.15, -0.1) is 0 Å². The van der Waals surface area contributed by atoms with Crippen molar-refractivity contribution in [3.05, 3.63) is 52.9 Å². The van der Waals surface area contributed by atoms with E-state index in [2.05, 4.69) is 0 Å². The van der Waals surface area contributed by atoms with E-state index in [1.54, 1.807) is 18.2 Å². The number of rotatable bonds is 2. The van der Waals surface area contributed by atoms with E-state index in [0.717, 1.165) is 17.1 Å². The third-order valence-corrected chi connectivity index (χ3v) is 3.80. The molecule has 1 aliphatic heterocycles. The normalized spacial score (nSPS) is 14.4. The number of carbonyl (C=O) groups excluding carboxylic acids is 3. The number of amides is 4. The van der Waals surface area contributed by atoms with Gasteiger partial charge in [0, 0.05) is 23.1 Å². The third kappa shape index (κ3) is 2.67.